The molecule has 0 fully saturated rings. The van der Waals surface area contributed by atoms with Gasteiger partial charge in [-0.3, -0.25) is 4.79 Å². The molecule has 0 aromatic carbocycles. The van der Waals surface area contributed by atoms with E-state index in [0.29, 0.717) is 6.42 Å². The van der Waals surface area contributed by atoms with Gasteiger partial charge >= 0.3 is 5.97 Å². The molecule has 0 aliphatic rings. The molecule has 3 heteroatoms. The Kier molecular flexibility index (Phi) is 9.40. The van der Waals surface area contributed by atoms with Crippen LogP contribution in [-0.4, -0.2) is 22.3 Å². The maximum atomic E-state index is 9.60. The second-order valence-corrected chi connectivity index (χ2v) is 5.47. The van der Waals surface area contributed by atoms with Gasteiger partial charge in [-0.05, 0) is 47.0 Å². The first-order chi connectivity index (χ1) is 7.60. The van der Waals surface area contributed by atoms with Crippen LogP contribution in [0.15, 0.2) is 0 Å². The zero-order valence-corrected chi connectivity index (χ0v) is 12.6. The van der Waals surface area contributed by atoms with Gasteiger partial charge in [-0.1, -0.05) is 20.8 Å². The predicted molar refractivity (Wildman–Crippen MR) is 72.4 cm³/mol. The summed E-state index contributed by atoms with van der Waals surface area (Å²) in [5.41, 5.74) is 0.0546. The van der Waals surface area contributed by atoms with Crippen LogP contribution in [0.5, 0.6) is 0 Å². The second-order valence-electron chi connectivity index (χ2n) is 5.47. The molecule has 0 aromatic heterocycles. The lowest BCUT2D eigenvalue weighted by molar-refractivity contribution is -0.137. The van der Waals surface area contributed by atoms with Crippen molar-refractivity contribution in [1.82, 2.24) is 0 Å². The first-order valence-electron chi connectivity index (χ1n) is 6.52. The van der Waals surface area contributed by atoms with Crippen LogP contribution < -0.4 is 0 Å². The van der Waals surface area contributed by atoms with Crippen molar-refractivity contribution >= 4 is 5.97 Å². The van der Waals surface area contributed by atoms with E-state index in [1.165, 1.54) is 0 Å². The van der Waals surface area contributed by atoms with Gasteiger partial charge in [-0.2, -0.15) is 0 Å². The lowest BCUT2D eigenvalue weighted by atomic mass is 10.0. The molecule has 0 heterocycles. The van der Waals surface area contributed by atoms with E-state index in [1.54, 1.807) is 0 Å². The minimum Gasteiger partial charge on any atom is -0.481 e. The van der Waals surface area contributed by atoms with Crippen molar-refractivity contribution in [3.8, 4) is 0 Å². The lowest BCUT2D eigenvalue weighted by Crippen LogP contribution is -2.35. The van der Waals surface area contributed by atoms with E-state index in [2.05, 4.69) is 41.5 Å². The fraction of sp³-hybridized carbons (Fsp3) is 0.929. The molecule has 0 unspecified atom stereocenters. The van der Waals surface area contributed by atoms with E-state index in [4.69, 9.17) is 9.84 Å². The van der Waals surface area contributed by atoms with Crippen LogP contribution in [0.25, 0.3) is 0 Å². The van der Waals surface area contributed by atoms with Gasteiger partial charge in [0.25, 0.3) is 0 Å². The molecule has 0 bridgehead atoms. The Morgan fingerprint density at radius 3 is 1.47 bits per heavy atom. The highest BCUT2D eigenvalue weighted by molar-refractivity contribution is 5.66. The normalized spacial score (nSPS) is 11.7. The molecule has 0 atom stereocenters. The van der Waals surface area contributed by atoms with Crippen LogP contribution in [0.2, 0.25) is 0 Å². The molecule has 0 amide bonds. The van der Waals surface area contributed by atoms with Crippen molar-refractivity contribution in [1.29, 1.82) is 0 Å². The highest BCUT2D eigenvalue weighted by atomic mass is 16.5. The van der Waals surface area contributed by atoms with Crippen molar-refractivity contribution < 1.29 is 14.6 Å². The summed E-state index contributed by atoms with van der Waals surface area (Å²) in [7, 11) is 0. The van der Waals surface area contributed by atoms with E-state index in [0.717, 1.165) is 19.3 Å². The van der Waals surface area contributed by atoms with Gasteiger partial charge < -0.3 is 9.84 Å². The largest absolute Gasteiger partial charge is 0.481 e. The van der Waals surface area contributed by atoms with Gasteiger partial charge in [-0.25, -0.2) is 0 Å². The van der Waals surface area contributed by atoms with E-state index >= 15 is 0 Å². The van der Waals surface area contributed by atoms with Gasteiger partial charge in [0.05, 0.1) is 11.2 Å². The highest BCUT2D eigenvalue weighted by Crippen LogP contribution is 2.24. The Morgan fingerprint density at radius 2 is 1.35 bits per heavy atom. The summed E-state index contributed by atoms with van der Waals surface area (Å²) in [6.07, 6.45) is 3.15. The highest BCUT2D eigenvalue weighted by Gasteiger charge is 2.25. The van der Waals surface area contributed by atoms with Crippen molar-refractivity contribution in [2.75, 3.05) is 0 Å². The topological polar surface area (TPSA) is 46.5 Å². The summed E-state index contributed by atoms with van der Waals surface area (Å²) >= 11 is 0. The van der Waals surface area contributed by atoms with Crippen molar-refractivity contribution in [2.45, 2.75) is 85.4 Å². The minimum atomic E-state index is -0.711. The number of carboxylic acids is 1. The van der Waals surface area contributed by atoms with E-state index < -0.39 is 5.97 Å². The average Bonchev–Trinajstić information content (AvgIpc) is 2.17. The Morgan fingerprint density at radius 1 is 1.00 bits per heavy atom. The molecule has 0 aliphatic carbocycles. The van der Waals surface area contributed by atoms with Crippen LogP contribution in [0.3, 0.4) is 0 Å². The molecule has 0 saturated heterocycles. The number of carbonyl (C=O) groups is 1. The summed E-state index contributed by atoms with van der Waals surface area (Å²) in [6, 6.07) is 0. The molecule has 3 nitrogen and oxygen atoms in total. The van der Waals surface area contributed by atoms with Crippen LogP contribution in [0.1, 0.15) is 74.1 Å². The standard InChI is InChI=1S/C10H22O.C4H8O2/c1-7-9(3,4)11-10(5,6)8-2;1-2-3-4(5)6/h7-8H2,1-6H3;2-3H2,1H3,(H,5,6). The van der Waals surface area contributed by atoms with Crippen LogP contribution >= 0.6 is 0 Å². The monoisotopic (exact) mass is 246 g/mol. The van der Waals surface area contributed by atoms with Crippen LogP contribution in [-0.2, 0) is 9.53 Å². The smallest absolute Gasteiger partial charge is 0.303 e. The minimum absolute atomic E-state index is 0.0273. The first kappa shape index (κ1) is 18.8. The van der Waals surface area contributed by atoms with Gasteiger partial charge in [0.15, 0.2) is 0 Å². The molecule has 104 valence electrons. The van der Waals surface area contributed by atoms with Crippen LogP contribution in [0, 0.1) is 0 Å². The Hall–Kier alpha value is -0.570. The average molecular weight is 246 g/mol. The van der Waals surface area contributed by atoms with E-state index in [9.17, 15) is 4.79 Å². The molecule has 0 rings (SSSR count). The zero-order valence-electron chi connectivity index (χ0n) is 12.6. The molecule has 0 aliphatic heterocycles. The number of ether oxygens (including phenoxy) is 1. The quantitative estimate of drug-likeness (QED) is 0.762. The molecule has 1 N–H and O–H groups in total. The predicted octanol–water partition coefficient (Wildman–Crippen LogP) is 4.25. The van der Waals surface area contributed by atoms with Gasteiger partial charge in [0, 0.05) is 6.42 Å². The zero-order chi connectivity index (χ0) is 14.1. The molecular weight excluding hydrogens is 216 g/mol. The summed E-state index contributed by atoms with van der Waals surface area (Å²) in [6.45, 7) is 14.7. The van der Waals surface area contributed by atoms with Crippen molar-refractivity contribution in [3.63, 3.8) is 0 Å². The maximum Gasteiger partial charge on any atom is 0.303 e. The number of carboxylic acid groups (broad SMARTS) is 1. The fourth-order valence-corrected chi connectivity index (χ4v) is 1.11. The van der Waals surface area contributed by atoms with Crippen molar-refractivity contribution in [2.24, 2.45) is 0 Å². The number of aliphatic carboxylic acids is 1. The summed E-state index contributed by atoms with van der Waals surface area (Å²) in [4.78, 5) is 9.60. The third-order valence-electron chi connectivity index (χ3n) is 2.72. The number of rotatable bonds is 6. The van der Waals surface area contributed by atoms with E-state index in [-0.39, 0.29) is 11.2 Å². The maximum absolute atomic E-state index is 9.60. The Bertz CT molecular complexity index is 194. The lowest BCUT2D eigenvalue weighted by Gasteiger charge is -2.34. The number of hydrogen-bond acceptors (Lipinski definition) is 2. The summed E-state index contributed by atoms with van der Waals surface area (Å²) in [5, 5.41) is 7.91. The fourth-order valence-electron chi connectivity index (χ4n) is 1.11. The van der Waals surface area contributed by atoms with Gasteiger partial charge in [-0.15, -0.1) is 0 Å². The summed E-state index contributed by atoms with van der Waals surface area (Å²) in [5.74, 6) is -0.711. The molecule has 0 aromatic rings. The van der Waals surface area contributed by atoms with Crippen LogP contribution in [0.4, 0.5) is 0 Å². The Labute approximate surface area is 107 Å². The third-order valence-corrected chi connectivity index (χ3v) is 2.72. The Balaban J connectivity index is 0. The molecule has 0 saturated carbocycles. The summed E-state index contributed by atoms with van der Waals surface area (Å²) < 4.78 is 5.92. The van der Waals surface area contributed by atoms with Gasteiger partial charge in [0.1, 0.15) is 0 Å². The van der Waals surface area contributed by atoms with Crippen molar-refractivity contribution in [3.05, 3.63) is 0 Å². The molecular formula is C14H30O3. The molecule has 0 spiro atoms. The van der Waals surface area contributed by atoms with E-state index in [1.807, 2.05) is 6.92 Å². The molecule has 17 heavy (non-hydrogen) atoms. The second kappa shape index (κ2) is 8.51. The first-order valence-corrected chi connectivity index (χ1v) is 6.52. The third kappa shape index (κ3) is 13.4. The van der Waals surface area contributed by atoms with Gasteiger partial charge in [0.2, 0.25) is 0 Å². The molecule has 0 radical (unpaired) electrons. The SMILES string of the molecule is CCC(C)(C)OC(C)(C)CC.CCCC(=O)O. The number of hydrogen-bond donors (Lipinski definition) is 1.